The average molecular weight is 441 g/mol. The first-order valence-corrected chi connectivity index (χ1v) is 10.3. The number of amides is 1. The Labute approximate surface area is 183 Å². The normalized spacial score (nSPS) is 16.2. The molecule has 1 saturated heterocycles. The van der Waals surface area contributed by atoms with Gasteiger partial charge in [0.05, 0.1) is 0 Å². The van der Waals surface area contributed by atoms with Crippen molar-refractivity contribution in [3.63, 3.8) is 0 Å². The molecule has 166 valence electrons. The number of likely N-dealkylation sites (tertiary alicyclic amines) is 1. The Morgan fingerprint density at radius 2 is 1.84 bits per heavy atom. The minimum absolute atomic E-state index is 0.0292. The van der Waals surface area contributed by atoms with Crippen molar-refractivity contribution in [1.29, 1.82) is 0 Å². The van der Waals surface area contributed by atoms with Crippen LogP contribution in [0.5, 0.6) is 0 Å². The third-order valence-electron chi connectivity index (χ3n) is 5.32. The Morgan fingerprint density at radius 1 is 1.09 bits per heavy atom. The number of carbonyl (C=O) groups is 1. The molecular weight excluding hydrogens is 419 g/mol. The minimum atomic E-state index is -4.60. The van der Waals surface area contributed by atoms with E-state index in [4.69, 9.17) is 0 Å². The van der Waals surface area contributed by atoms with Crippen LogP contribution in [0.1, 0.15) is 24.1 Å². The van der Waals surface area contributed by atoms with Gasteiger partial charge in [0, 0.05) is 49.6 Å². The Morgan fingerprint density at radius 3 is 2.56 bits per heavy atom. The second-order valence-corrected chi connectivity index (χ2v) is 7.65. The van der Waals surface area contributed by atoms with Crippen molar-refractivity contribution in [2.45, 2.75) is 31.5 Å². The summed E-state index contributed by atoms with van der Waals surface area (Å²) in [6, 6.07) is 13.6. The fourth-order valence-corrected chi connectivity index (χ4v) is 3.66. The average Bonchev–Trinajstić information content (AvgIpc) is 3.26. The number of aryl methyl sites for hydroxylation is 1. The minimum Gasteiger partial charge on any atom is -0.365 e. The smallest absolute Gasteiger partial charge is 0.365 e. The van der Waals surface area contributed by atoms with E-state index in [0.717, 1.165) is 11.6 Å². The van der Waals surface area contributed by atoms with Crippen LogP contribution in [0.2, 0.25) is 0 Å². The molecule has 1 aliphatic heterocycles. The number of hydrogen-bond acceptors (Lipinski definition) is 5. The zero-order valence-corrected chi connectivity index (χ0v) is 17.2. The molecule has 0 aliphatic carbocycles. The number of anilines is 1. The largest absolute Gasteiger partial charge is 0.433 e. The van der Waals surface area contributed by atoms with Crippen molar-refractivity contribution in [2.24, 2.45) is 0 Å². The molecule has 1 atom stereocenters. The second kappa shape index (κ2) is 9.33. The number of alkyl halides is 3. The van der Waals surface area contributed by atoms with Gasteiger partial charge in [-0.15, -0.1) is 0 Å². The van der Waals surface area contributed by atoms with Crippen molar-refractivity contribution in [1.82, 2.24) is 19.9 Å². The number of halogens is 3. The van der Waals surface area contributed by atoms with E-state index in [0.29, 0.717) is 37.9 Å². The standard InChI is InChI=1S/C23H22F3N5O/c24-23(25,26)19-14-20(30-22(29-19)17-8-11-27-12-9-17)28-18-10-13-31(15-18)21(32)7-6-16-4-2-1-3-5-16/h1-5,8-9,11-12,14,18H,6-7,10,13,15H2,(H,28,29,30). The molecule has 9 heteroatoms. The van der Waals surface area contributed by atoms with Gasteiger partial charge in [0.2, 0.25) is 5.91 Å². The predicted octanol–water partition coefficient (Wildman–Crippen LogP) is 4.20. The summed E-state index contributed by atoms with van der Waals surface area (Å²) >= 11 is 0. The van der Waals surface area contributed by atoms with Crippen LogP contribution in [-0.4, -0.2) is 44.9 Å². The molecule has 0 radical (unpaired) electrons. The maximum Gasteiger partial charge on any atom is 0.433 e. The van der Waals surface area contributed by atoms with Crippen LogP contribution in [0, 0.1) is 0 Å². The SMILES string of the molecule is O=C(CCc1ccccc1)N1CCC(Nc2cc(C(F)(F)F)nc(-c3ccncc3)n2)C1. The van der Waals surface area contributed by atoms with E-state index < -0.39 is 11.9 Å². The van der Waals surface area contributed by atoms with Gasteiger partial charge in [-0.1, -0.05) is 30.3 Å². The van der Waals surface area contributed by atoms with Crippen molar-refractivity contribution >= 4 is 11.7 Å². The van der Waals surface area contributed by atoms with E-state index in [1.807, 2.05) is 30.3 Å². The van der Waals surface area contributed by atoms with E-state index in [1.165, 1.54) is 12.4 Å². The molecule has 1 N–H and O–H groups in total. The third kappa shape index (κ3) is 5.40. The van der Waals surface area contributed by atoms with Crippen molar-refractivity contribution in [2.75, 3.05) is 18.4 Å². The first kappa shape index (κ1) is 21.7. The fraction of sp³-hybridized carbons (Fsp3) is 0.304. The van der Waals surface area contributed by atoms with E-state index in [9.17, 15) is 18.0 Å². The number of pyridine rings is 1. The van der Waals surface area contributed by atoms with Gasteiger partial charge < -0.3 is 10.2 Å². The van der Waals surface area contributed by atoms with Gasteiger partial charge in [0.25, 0.3) is 0 Å². The molecule has 0 spiro atoms. The van der Waals surface area contributed by atoms with Crippen molar-refractivity contribution in [3.05, 3.63) is 72.2 Å². The van der Waals surface area contributed by atoms with E-state index >= 15 is 0 Å². The molecule has 1 aromatic carbocycles. The fourth-order valence-electron chi connectivity index (χ4n) is 3.66. The first-order chi connectivity index (χ1) is 15.4. The molecule has 0 bridgehead atoms. The van der Waals surface area contributed by atoms with Crippen LogP contribution >= 0.6 is 0 Å². The lowest BCUT2D eigenvalue weighted by Crippen LogP contribution is -2.32. The maximum absolute atomic E-state index is 13.4. The highest BCUT2D eigenvalue weighted by Crippen LogP contribution is 2.31. The zero-order chi connectivity index (χ0) is 22.6. The van der Waals surface area contributed by atoms with Gasteiger partial charge in [0.15, 0.2) is 11.5 Å². The lowest BCUT2D eigenvalue weighted by atomic mass is 10.1. The summed E-state index contributed by atoms with van der Waals surface area (Å²) in [6.07, 6.45) is 0.0340. The van der Waals surface area contributed by atoms with Gasteiger partial charge in [-0.3, -0.25) is 9.78 Å². The Balaban J connectivity index is 1.43. The molecule has 1 amide bonds. The Bertz CT molecular complexity index is 1060. The molecule has 1 fully saturated rings. The summed E-state index contributed by atoms with van der Waals surface area (Å²) in [4.78, 5) is 26.1. The van der Waals surface area contributed by atoms with E-state index in [2.05, 4.69) is 20.3 Å². The lowest BCUT2D eigenvalue weighted by molar-refractivity contribution is -0.141. The molecule has 1 aliphatic rings. The van der Waals surface area contributed by atoms with E-state index in [-0.39, 0.29) is 23.6 Å². The summed E-state index contributed by atoms with van der Waals surface area (Å²) in [7, 11) is 0. The highest BCUT2D eigenvalue weighted by atomic mass is 19.4. The van der Waals surface area contributed by atoms with Crippen LogP contribution in [0.3, 0.4) is 0 Å². The van der Waals surface area contributed by atoms with Crippen molar-refractivity contribution in [3.8, 4) is 11.4 Å². The van der Waals surface area contributed by atoms with Gasteiger partial charge in [0.1, 0.15) is 5.82 Å². The maximum atomic E-state index is 13.4. The van der Waals surface area contributed by atoms with E-state index in [1.54, 1.807) is 17.0 Å². The first-order valence-electron chi connectivity index (χ1n) is 10.3. The molecule has 6 nitrogen and oxygen atoms in total. The highest BCUT2D eigenvalue weighted by Gasteiger charge is 2.34. The number of rotatable bonds is 6. The number of nitrogens with one attached hydrogen (secondary N) is 1. The highest BCUT2D eigenvalue weighted by molar-refractivity contribution is 5.77. The summed E-state index contributed by atoms with van der Waals surface area (Å²) < 4.78 is 40.2. The number of nitrogens with zero attached hydrogens (tertiary/aromatic N) is 4. The van der Waals surface area contributed by atoms with Gasteiger partial charge in [-0.05, 0) is 30.5 Å². The topological polar surface area (TPSA) is 71.0 Å². The zero-order valence-electron chi connectivity index (χ0n) is 17.2. The van der Waals surface area contributed by atoms with Crippen LogP contribution in [0.25, 0.3) is 11.4 Å². The summed E-state index contributed by atoms with van der Waals surface area (Å²) in [5.41, 5.74) is 0.521. The quantitative estimate of drug-likeness (QED) is 0.621. The predicted molar refractivity (Wildman–Crippen MR) is 114 cm³/mol. The second-order valence-electron chi connectivity index (χ2n) is 7.65. The number of carbonyl (C=O) groups excluding carboxylic acids is 1. The molecular formula is C23H22F3N5O. The molecule has 32 heavy (non-hydrogen) atoms. The molecule has 2 aromatic heterocycles. The molecule has 0 saturated carbocycles. The van der Waals surface area contributed by atoms with Crippen LogP contribution in [0.15, 0.2) is 60.9 Å². The Hall–Kier alpha value is -3.49. The lowest BCUT2D eigenvalue weighted by Gasteiger charge is -2.18. The van der Waals surface area contributed by atoms with Crippen LogP contribution < -0.4 is 5.32 Å². The molecule has 1 unspecified atom stereocenters. The summed E-state index contributed by atoms with van der Waals surface area (Å²) in [6.45, 7) is 0.975. The molecule has 3 aromatic rings. The monoisotopic (exact) mass is 441 g/mol. The van der Waals surface area contributed by atoms with Crippen molar-refractivity contribution < 1.29 is 18.0 Å². The number of aromatic nitrogens is 3. The summed E-state index contributed by atoms with van der Waals surface area (Å²) in [5, 5.41) is 3.06. The van der Waals surface area contributed by atoms with Gasteiger partial charge in [-0.25, -0.2) is 9.97 Å². The Kier molecular flexibility index (Phi) is 6.34. The van der Waals surface area contributed by atoms with Crippen LogP contribution in [-0.2, 0) is 17.4 Å². The van der Waals surface area contributed by atoms with Gasteiger partial charge in [-0.2, -0.15) is 13.2 Å². The third-order valence-corrected chi connectivity index (χ3v) is 5.32. The van der Waals surface area contributed by atoms with Gasteiger partial charge >= 0.3 is 6.18 Å². The number of hydrogen-bond donors (Lipinski definition) is 1. The number of benzene rings is 1. The van der Waals surface area contributed by atoms with Crippen LogP contribution in [0.4, 0.5) is 19.0 Å². The summed E-state index contributed by atoms with van der Waals surface area (Å²) in [5.74, 6) is 0.0931. The molecule has 4 rings (SSSR count). The molecule has 3 heterocycles.